The molecule has 2 aliphatic rings. The molecule has 0 aromatic heterocycles. The summed E-state index contributed by atoms with van der Waals surface area (Å²) in [7, 11) is -3.07. The van der Waals surface area contributed by atoms with Crippen LogP contribution >= 0.6 is 0 Å². The van der Waals surface area contributed by atoms with Crippen molar-refractivity contribution in [1.82, 2.24) is 5.32 Å². The van der Waals surface area contributed by atoms with E-state index in [-0.39, 0.29) is 28.6 Å². The van der Waals surface area contributed by atoms with E-state index in [1.165, 1.54) is 0 Å². The van der Waals surface area contributed by atoms with Crippen molar-refractivity contribution >= 4 is 9.84 Å². The van der Waals surface area contributed by atoms with E-state index < -0.39 is 9.84 Å². The van der Waals surface area contributed by atoms with Gasteiger partial charge in [-0.15, -0.1) is 0 Å². The lowest BCUT2D eigenvalue weighted by atomic mass is 9.87. The minimum atomic E-state index is -3.07. The van der Waals surface area contributed by atoms with Crippen molar-refractivity contribution in [2.75, 3.05) is 18.9 Å². The van der Waals surface area contributed by atoms with Gasteiger partial charge in [-0.3, -0.25) is 0 Å². The van der Waals surface area contributed by atoms with Gasteiger partial charge in [0.05, 0.1) is 17.1 Å². The average molecular weight is 289 g/mol. The topological polar surface area (TPSA) is 55.4 Å². The first-order chi connectivity index (χ1) is 8.87. The molecule has 1 aliphatic carbocycles. The number of rotatable bonds is 5. The van der Waals surface area contributed by atoms with Crippen molar-refractivity contribution in [2.24, 2.45) is 5.41 Å². The summed E-state index contributed by atoms with van der Waals surface area (Å²) in [5.74, 6) is 0.204. The van der Waals surface area contributed by atoms with Crippen LogP contribution in [-0.2, 0) is 14.6 Å². The monoisotopic (exact) mass is 289 g/mol. The van der Waals surface area contributed by atoms with Gasteiger partial charge in [-0.05, 0) is 37.6 Å². The number of nitrogens with one attached hydrogen (secondary N) is 1. The second-order valence-corrected chi connectivity index (χ2v) is 8.83. The van der Waals surface area contributed by atoms with Gasteiger partial charge in [0.25, 0.3) is 0 Å². The third-order valence-corrected chi connectivity index (χ3v) is 6.88. The maximum Gasteiger partial charge on any atom is 0.157 e. The predicted molar refractivity (Wildman–Crippen MR) is 77.0 cm³/mol. The minimum absolute atomic E-state index is 0.0598. The molecule has 112 valence electrons. The molecule has 1 aliphatic heterocycles. The Morgan fingerprint density at radius 3 is 2.63 bits per heavy atom. The maximum atomic E-state index is 12.6. The van der Waals surface area contributed by atoms with E-state index in [1.807, 2.05) is 6.92 Å². The molecular weight excluding hydrogens is 262 g/mol. The summed E-state index contributed by atoms with van der Waals surface area (Å²) >= 11 is 0. The lowest BCUT2D eigenvalue weighted by molar-refractivity contribution is 0.127. The van der Waals surface area contributed by atoms with Crippen LogP contribution in [0.3, 0.4) is 0 Å². The molecular formula is C14H27NO3S. The Morgan fingerprint density at radius 1 is 1.32 bits per heavy atom. The van der Waals surface area contributed by atoms with Crippen LogP contribution in [-0.4, -0.2) is 44.7 Å². The molecule has 0 aromatic carbocycles. The standard InChI is InChI=1S/C14H27NO3S/c1-4-15-13-12(7-8-14(13,2)3)19(16,17)10-11-6-5-9-18-11/h11-13,15H,4-10H2,1-3H3. The van der Waals surface area contributed by atoms with Crippen molar-refractivity contribution in [3.8, 4) is 0 Å². The molecule has 2 rings (SSSR count). The molecule has 1 heterocycles. The molecule has 2 fully saturated rings. The highest BCUT2D eigenvalue weighted by Crippen LogP contribution is 2.41. The molecule has 0 aromatic rings. The first-order valence-electron chi connectivity index (χ1n) is 7.43. The van der Waals surface area contributed by atoms with Gasteiger partial charge in [0.2, 0.25) is 0 Å². The molecule has 1 saturated heterocycles. The molecule has 0 amide bonds. The van der Waals surface area contributed by atoms with Crippen LogP contribution in [0.15, 0.2) is 0 Å². The van der Waals surface area contributed by atoms with Gasteiger partial charge in [-0.25, -0.2) is 8.42 Å². The van der Waals surface area contributed by atoms with Crippen molar-refractivity contribution in [1.29, 1.82) is 0 Å². The fraction of sp³-hybridized carbons (Fsp3) is 1.00. The summed E-state index contributed by atoms with van der Waals surface area (Å²) in [6.07, 6.45) is 3.56. The van der Waals surface area contributed by atoms with Crippen molar-refractivity contribution in [3.63, 3.8) is 0 Å². The quantitative estimate of drug-likeness (QED) is 0.838. The van der Waals surface area contributed by atoms with E-state index in [1.54, 1.807) is 0 Å². The average Bonchev–Trinajstić information content (AvgIpc) is 2.88. The van der Waals surface area contributed by atoms with E-state index in [0.29, 0.717) is 6.61 Å². The molecule has 3 unspecified atom stereocenters. The van der Waals surface area contributed by atoms with Crippen LogP contribution in [0.5, 0.6) is 0 Å². The summed E-state index contributed by atoms with van der Waals surface area (Å²) in [6.45, 7) is 7.91. The van der Waals surface area contributed by atoms with E-state index in [4.69, 9.17) is 4.74 Å². The van der Waals surface area contributed by atoms with Crippen LogP contribution in [0.1, 0.15) is 46.5 Å². The smallest absolute Gasteiger partial charge is 0.157 e. The highest BCUT2D eigenvalue weighted by molar-refractivity contribution is 7.92. The first kappa shape index (κ1) is 15.3. The largest absolute Gasteiger partial charge is 0.377 e. The molecule has 1 saturated carbocycles. The number of hydrogen-bond donors (Lipinski definition) is 1. The van der Waals surface area contributed by atoms with Gasteiger partial charge in [-0.1, -0.05) is 20.8 Å². The van der Waals surface area contributed by atoms with Gasteiger partial charge >= 0.3 is 0 Å². The second kappa shape index (κ2) is 5.70. The van der Waals surface area contributed by atoms with E-state index in [0.717, 1.165) is 32.2 Å². The Labute approximate surface area is 117 Å². The summed E-state index contributed by atoms with van der Waals surface area (Å²) < 4.78 is 30.8. The molecule has 5 heteroatoms. The minimum Gasteiger partial charge on any atom is -0.377 e. The van der Waals surface area contributed by atoms with Gasteiger partial charge in [0.1, 0.15) is 0 Å². The Morgan fingerprint density at radius 2 is 2.05 bits per heavy atom. The van der Waals surface area contributed by atoms with Crippen molar-refractivity contribution in [2.45, 2.75) is 63.9 Å². The highest BCUT2D eigenvalue weighted by atomic mass is 32.2. The highest BCUT2D eigenvalue weighted by Gasteiger charge is 2.47. The van der Waals surface area contributed by atoms with E-state index >= 15 is 0 Å². The fourth-order valence-electron chi connectivity index (χ4n) is 3.51. The summed E-state index contributed by atoms with van der Waals surface area (Å²) in [5, 5.41) is 3.15. The number of ether oxygens (including phenoxy) is 1. The molecule has 4 nitrogen and oxygen atoms in total. The summed E-state index contributed by atoms with van der Waals surface area (Å²) in [6, 6.07) is 0.0731. The zero-order valence-corrected chi connectivity index (χ0v) is 13.1. The molecule has 1 N–H and O–H groups in total. The molecule has 19 heavy (non-hydrogen) atoms. The van der Waals surface area contributed by atoms with Crippen molar-refractivity contribution in [3.05, 3.63) is 0 Å². The van der Waals surface area contributed by atoms with Crippen LogP contribution in [0.4, 0.5) is 0 Å². The van der Waals surface area contributed by atoms with Crippen LogP contribution in [0, 0.1) is 5.41 Å². The third-order valence-electron chi connectivity index (χ3n) is 4.61. The van der Waals surface area contributed by atoms with Gasteiger partial charge in [0.15, 0.2) is 9.84 Å². The second-order valence-electron chi connectivity index (χ2n) is 6.57. The van der Waals surface area contributed by atoms with Crippen LogP contribution in [0.25, 0.3) is 0 Å². The van der Waals surface area contributed by atoms with E-state index in [9.17, 15) is 8.42 Å². The Kier molecular flexibility index (Phi) is 4.58. The van der Waals surface area contributed by atoms with Gasteiger partial charge in [0, 0.05) is 12.6 Å². The van der Waals surface area contributed by atoms with Crippen LogP contribution in [0.2, 0.25) is 0 Å². The van der Waals surface area contributed by atoms with Gasteiger partial charge < -0.3 is 10.1 Å². The molecule has 0 spiro atoms. The van der Waals surface area contributed by atoms with Crippen LogP contribution < -0.4 is 5.32 Å². The lowest BCUT2D eigenvalue weighted by Gasteiger charge is -2.31. The van der Waals surface area contributed by atoms with Gasteiger partial charge in [-0.2, -0.15) is 0 Å². The zero-order valence-electron chi connectivity index (χ0n) is 12.3. The first-order valence-corrected chi connectivity index (χ1v) is 9.15. The summed E-state index contributed by atoms with van der Waals surface area (Å²) in [4.78, 5) is 0. The Balaban J connectivity index is 2.10. The number of hydrogen-bond acceptors (Lipinski definition) is 4. The van der Waals surface area contributed by atoms with E-state index in [2.05, 4.69) is 19.2 Å². The normalized spacial score (nSPS) is 34.8. The molecule has 0 bridgehead atoms. The lowest BCUT2D eigenvalue weighted by Crippen LogP contribution is -2.48. The Hall–Kier alpha value is -0.130. The number of sulfone groups is 1. The van der Waals surface area contributed by atoms with Crippen molar-refractivity contribution < 1.29 is 13.2 Å². The predicted octanol–water partition coefficient (Wildman–Crippen LogP) is 1.75. The SMILES string of the molecule is CCNC1C(S(=O)(=O)CC2CCCO2)CCC1(C)C. The fourth-order valence-corrected chi connectivity index (χ4v) is 5.90. The zero-order chi connectivity index (χ0) is 14.1. The third kappa shape index (κ3) is 3.31. The molecule has 0 radical (unpaired) electrons. The molecule has 3 atom stereocenters. The Bertz CT molecular complexity index is 399. The summed E-state index contributed by atoms with van der Waals surface area (Å²) in [5.41, 5.74) is 0.0598. The maximum absolute atomic E-state index is 12.6.